The van der Waals surface area contributed by atoms with E-state index in [1.807, 2.05) is 54.6 Å². The molecule has 1 amide bonds. The maximum atomic E-state index is 12.2. The number of rotatable bonds is 14. The van der Waals surface area contributed by atoms with Crippen molar-refractivity contribution in [2.45, 2.75) is 51.1 Å². The normalized spacial score (nSPS) is 12.5. The van der Waals surface area contributed by atoms with Crippen molar-refractivity contribution >= 4 is 17.8 Å². The number of esters is 1. The highest BCUT2D eigenvalue weighted by Gasteiger charge is 2.22. The summed E-state index contributed by atoms with van der Waals surface area (Å²) in [4.78, 5) is 34.9. The predicted molar refractivity (Wildman–Crippen MR) is 143 cm³/mol. The van der Waals surface area contributed by atoms with Crippen molar-refractivity contribution in [1.82, 2.24) is 5.32 Å². The number of hydrogen-bond donors (Lipinski definition) is 6. The first kappa shape index (κ1) is 32.7. The number of carboxylic acids is 1. The van der Waals surface area contributed by atoms with Crippen LogP contribution >= 0.6 is 0 Å². The fourth-order valence-electron chi connectivity index (χ4n) is 3.42. The fourth-order valence-corrected chi connectivity index (χ4v) is 3.42. The van der Waals surface area contributed by atoms with E-state index in [1.54, 1.807) is 13.8 Å². The molecule has 0 saturated heterocycles. The van der Waals surface area contributed by atoms with E-state index in [-0.39, 0.29) is 36.7 Å². The first-order valence-corrected chi connectivity index (χ1v) is 12.5. The van der Waals surface area contributed by atoms with Gasteiger partial charge in [-0.3, -0.25) is 14.4 Å². The van der Waals surface area contributed by atoms with Gasteiger partial charge >= 0.3 is 11.9 Å². The van der Waals surface area contributed by atoms with Gasteiger partial charge < -0.3 is 36.2 Å². The number of hydrogen-bond acceptors (Lipinski definition) is 8. The predicted octanol–water partition coefficient (Wildman–Crippen LogP) is 1.50. The maximum Gasteiger partial charge on any atom is 0.308 e. The van der Waals surface area contributed by atoms with Crippen molar-refractivity contribution in [3.05, 3.63) is 60.2 Å². The van der Waals surface area contributed by atoms with Crippen molar-refractivity contribution in [3.8, 4) is 11.1 Å². The Morgan fingerprint density at radius 3 is 1.95 bits per heavy atom. The Hall–Kier alpha value is -3.31. The van der Waals surface area contributed by atoms with Gasteiger partial charge in [-0.1, -0.05) is 61.5 Å². The molecule has 0 unspecified atom stereocenters. The minimum absolute atomic E-state index is 0.0907. The number of ether oxygens (including phenoxy) is 1. The highest BCUT2D eigenvalue weighted by molar-refractivity contribution is 5.81. The van der Waals surface area contributed by atoms with Gasteiger partial charge in [-0.05, 0) is 36.5 Å². The Labute approximate surface area is 223 Å². The van der Waals surface area contributed by atoms with Gasteiger partial charge in [0.25, 0.3) is 0 Å². The second-order valence-corrected chi connectivity index (χ2v) is 9.15. The second kappa shape index (κ2) is 17.2. The Morgan fingerprint density at radius 1 is 0.921 bits per heavy atom. The Bertz CT molecular complexity index is 970. The van der Waals surface area contributed by atoms with Crippen LogP contribution in [-0.2, 0) is 25.5 Å². The van der Waals surface area contributed by atoms with E-state index in [4.69, 9.17) is 30.9 Å². The van der Waals surface area contributed by atoms with E-state index >= 15 is 0 Å². The molecule has 2 aromatic rings. The summed E-state index contributed by atoms with van der Waals surface area (Å²) in [5.74, 6) is -2.03. The number of aliphatic hydroxyl groups excluding tert-OH is 3. The third kappa shape index (κ3) is 12.3. The van der Waals surface area contributed by atoms with Crippen LogP contribution in [0, 0.1) is 5.92 Å². The number of carbonyl (C=O) groups is 3. The van der Waals surface area contributed by atoms with Crippen molar-refractivity contribution in [1.29, 1.82) is 0 Å². The zero-order valence-corrected chi connectivity index (χ0v) is 22.0. The van der Waals surface area contributed by atoms with Crippen molar-refractivity contribution < 1.29 is 39.5 Å². The molecule has 0 aliphatic rings. The molecule has 0 aliphatic heterocycles. The summed E-state index contributed by atoms with van der Waals surface area (Å²) in [5.41, 5.74) is 7.18. The van der Waals surface area contributed by atoms with Gasteiger partial charge in [0.15, 0.2) is 0 Å². The lowest BCUT2D eigenvalue weighted by Gasteiger charge is -2.22. The summed E-state index contributed by atoms with van der Waals surface area (Å²) in [5, 5.41) is 36.7. The van der Waals surface area contributed by atoms with Crippen molar-refractivity contribution in [2.75, 3.05) is 26.4 Å². The average Bonchev–Trinajstić information content (AvgIpc) is 2.92. The Balaban J connectivity index is 0.000000781. The topological polar surface area (TPSA) is 179 Å². The monoisotopic (exact) mass is 532 g/mol. The first-order valence-electron chi connectivity index (χ1n) is 12.5. The number of nitrogens with one attached hydrogen (secondary N) is 1. The molecule has 7 N–H and O–H groups in total. The molecular weight excluding hydrogens is 492 g/mol. The summed E-state index contributed by atoms with van der Waals surface area (Å²) in [6.07, 6.45) is 0.639. The van der Waals surface area contributed by atoms with Crippen LogP contribution in [0.3, 0.4) is 0 Å². The molecule has 0 saturated carbocycles. The average molecular weight is 533 g/mol. The highest BCUT2D eigenvalue weighted by Crippen LogP contribution is 2.21. The van der Waals surface area contributed by atoms with Crippen LogP contribution in [0.4, 0.5) is 0 Å². The molecule has 2 atom stereocenters. The number of carbonyl (C=O) groups excluding carboxylic acids is 2. The van der Waals surface area contributed by atoms with E-state index in [0.29, 0.717) is 19.4 Å². The fraction of sp³-hybridized carbons (Fsp3) is 0.464. The summed E-state index contributed by atoms with van der Waals surface area (Å²) in [6.45, 7) is 2.62. The van der Waals surface area contributed by atoms with Gasteiger partial charge in [-0.25, -0.2) is 0 Å². The minimum Gasteiger partial charge on any atom is -0.481 e. The van der Waals surface area contributed by atoms with Crippen LogP contribution < -0.4 is 11.1 Å². The van der Waals surface area contributed by atoms with Gasteiger partial charge in [0, 0.05) is 12.5 Å². The summed E-state index contributed by atoms with van der Waals surface area (Å²) < 4.78 is 5.07. The van der Waals surface area contributed by atoms with Gasteiger partial charge in [-0.2, -0.15) is 0 Å². The van der Waals surface area contributed by atoms with E-state index in [2.05, 4.69) is 5.32 Å². The minimum atomic E-state index is -1.21. The van der Waals surface area contributed by atoms with E-state index in [1.165, 1.54) is 0 Å². The third-order valence-electron chi connectivity index (χ3n) is 5.75. The summed E-state index contributed by atoms with van der Waals surface area (Å²) in [6, 6.07) is 17.8. The maximum absolute atomic E-state index is 12.2. The first-order chi connectivity index (χ1) is 18.1. The molecule has 2 rings (SSSR count). The van der Waals surface area contributed by atoms with Gasteiger partial charge in [0.1, 0.15) is 0 Å². The van der Waals surface area contributed by atoms with Crippen molar-refractivity contribution in [2.24, 2.45) is 11.7 Å². The van der Waals surface area contributed by atoms with E-state index in [9.17, 15) is 14.4 Å². The molecule has 38 heavy (non-hydrogen) atoms. The lowest BCUT2D eigenvalue weighted by Crippen LogP contribution is -2.50. The number of aliphatic hydroxyl groups is 3. The third-order valence-corrected chi connectivity index (χ3v) is 5.75. The lowest BCUT2D eigenvalue weighted by atomic mass is 9.94. The van der Waals surface area contributed by atoms with Gasteiger partial charge in [0.05, 0.1) is 44.3 Å². The molecule has 210 valence electrons. The number of nitrogens with two attached hydrogens (primary N) is 1. The number of amides is 1. The van der Waals surface area contributed by atoms with E-state index in [0.717, 1.165) is 16.7 Å². The molecular formula is C28H40N2O8. The van der Waals surface area contributed by atoms with Crippen LogP contribution in [0.25, 0.3) is 11.1 Å². The van der Waals surface area contributed by atoms with Crippen molar-refractivity contribution in [3.63, 3.8) is 0 Å². The molecule has 0 bridgehead atoms. The number of aliphatic carboxylic acids is 1. The molecule has 0 aliphatic carbocycles. The van der Waals surface area contributed by atoms with Crippen LogP contribution in [-0.4, -0.2) is 76.3 Å². The molecule has 0 radical (unpaired) electrons. The zero-order chi connectivity index (χ0) is 28.6. The molecule has 0 aromatic heterocycles. The SMILES string of the molecule is CCOC(=O)[C@H](C)C[C@@H](Cc1ccc(-c2ccccc2)cc1)NC(=O)CCC(=O)O.NC(CO)(CO)CO. The Kier molecular flexibility index (Phi) is 14.8. The van der Waals surface area contributed by atoms with Crippen LogP contribution in [0.5, 0.6) is 0 Å². The number of benzene rings is 2. The summed E-state index contributed by atoms with van der Waals surface area (Å²) >= 11 is 0. The molecule has 0 heterocycles. The Morgan fingerprint density at radius 2 is 1.47 bits per heavy atom. The van der Waals surface area contributed by atoms with Crippen LogP contribution in [0.15, 0.2) is 54.6 Å². The molecule has 0 fully saturated rings. The standard InChI is InChI=1S/C24H29NO5.C4H11NO3/c1-3-30-24(29)17(2)15-21(25-22(26)13-14-23(27)28)16-18-9-11-20(12-10-18)19-7-5-4-6-8-19;5-4(1-6,2-7)3-8/h4-12,17,21H,3,13-16H2,1-2H3,(H,25,26)(H,27,28);6-8H,1-3,5H2/t17-,21+;/m1./s1. The van der Waals surface area contributed by atoms with Gasteiger partial charge in [0.2, 0.25) is 5.91 Å². The number of carboxylic acid groups (broad SMARTS) is 1. The quantitative estimate of drug-likeness (QED) is 0.197. The van der Waals surface area contributed by atoms with Crippen LogP contribution in [0.1, 0.15) is 38.7 Å². The molecule has 10 heteroatoms. The zero-order valence-electron chi connectivity index (χ0n) is 22.0. The molecule has 2 aromatic carbocycles. The largest absolute Gasteiger partial charge is 0.481 e. The molecule has 10 nitrogen and oxygen atoms in total. The smallest absolute Gasteiger partial charge is 0.308 e. The summed E-state index contributed by atoms with van der Waals surface area (Å²) in [7, 11) is 0. The van der Waals surface area contributed by atoms with Crippen LogP contribution in [0.2, 0.25) is 0 Å². The second-order valence-electron chi connectivity index (χ2n) is 9.15. The lowest BCUT2D eigenvalue weighted by molar-refractivity contribution is -0.148. The highest BCUT2D eigenvalue weighted by atomic mass is 16.5. The molecule has 0 spiro atoms. The van der Waals surface area contributed by atoms with Gasteiger partial charge in [-0.15, -0.1) is 0 Å². The van der Waals surface area contributed by atoms with E-state index < -0.39 is 31.3 Å².